The largest absolute Gasteiger partial charge is 0.495 e. The maximum Gasteiger partial charge on any atom is 0.337 e. The molecule has 0 unspecified atom stereocenters. The second-order valence-corrected chi connectivity index (χ2v) is 10.4. The van der Waals surface area contributed by atoms with Crippen LogP contribution in [0.4, 0.5) is 11.4 Å². The Morgan fingerprint density at radius 2 is 1.86 bits per heavy atom. The molecule has 0 aliphatic carbocycles. The number of carbonyl (C=O) groups excluding carboxylic acids is 1. The van der Waals surface area contributed by atoms with Gasteiger partial charge in [-0.2, -0.15) is 0 Å². The van der Waals surface area contributed by atoms with Crippen LogP contribution in [0.5, 0.6) is 11.5 Å². The van der Waals surface area contributed by atoms with Crippen molar-refractivity contribution in [2.45, 2.75) is 11.3 Å². The molecule has 0 saturated carbocycles. The number of amides is 1. The Morgan fingerprint density at radius 1 is 1.08 bits per heavy atom. The third-order valence-corrected chi connectivity index (χ3v) is 7.79. The second kappa shape index (κ2) is 10.3. The SMILES string of the molecule is COc1ccc(Cl)cc1S(=O)(=O)N1CCCOc2ccc(C(=O)Nc3ccc(C(=O)O)c(Cl)c3)cc21. The number of rotatable bonds is 6. The molecule has 2 N–H and O–H groups in total. The lowest BCUT2D eigenvalue weighted by Gasteiger charge is -2.25. The van der Waals surface area contributed by atoms with Crippen LogP contribution in [0.15, 0.2) is 59.5 Å². The number of carboxylic acids is 1. The topological polar surface area (TPSA) is 122 Å². The summed E-state index contributed by atoms with van der Waals surface area (Å²) >= 11 is 12.1. The van der Waals surface area contributed by atoms with E-state index in [0.717, 1.165) is 0 Å². The number of sulfonamides is 1. The highest BCUT2D eigenvalue weighted by Gasteiger charge is 2.32. The van der Waals surface area contributed by atoms with E-state index in [1.54, 1.807) is 0 Å². The predicted octanol–water partition coefficient (Wildman–Crippen LogP) is 4.93. The van der Waals surface area contributed by atoms with E-state index in [9.17, 15) is 18.0 Å². The lowest BCUT2D eigenvalue weighted by Crippen LogP contribution is -2.32. The van der Waals surface area contributed by atoms with E-state index in [0.29, 0.717) is 12.2 Å². The van der Waals surface area contributed by atoms with Crippen molar-refractivity contribution >= 4 is 56.5 Å². The molecule has 188 valence electrons. The molecule has 1 heterocycles. The average molecular weight is 551 g/mol. The molecular weight excluding hydrogens is 531 g/mol. The Morgan fingerprint density at radius 3 is 2.56 bits per heavy atom. The lowest BCUT2D eigenvalue weighted by molar-refractivity contribution is 0.0697. The Kier molecular flexibility index (Phi) is 7.30. The molecule has 1 aliphatic heterocycles. The molecule has 0 bridgehead atoms. The summed E-state index contributed by atoms with van der Waals surface area (Å²) in [4.78, 5) is 24.0. The summed E-state index contributed by atoms with van der Waals surface area (Å²) in [5.41, 5.74) is 0.501. The van der Waals surface area contributed by atoms with E-state index in [4.69, 9.17) is 37.8 Å². The number of carbonyl (C=O) groups is 2. The molecule has 3 aromatic rings. The van der Waals surface area contributed by atoms with E-state index < -0.39 is 21.9 Å². The summed E-state index contributed by atoms with van der Waals surface area (Å²) in [7, 11) is -2.78. The number of carboxylic acid groups (broad SMARTS) is 1. The van der Waals surface area contributed by atoms with Gasteiger partial charge in [-0.1, -0.05) is 23.2 Å². The monoisotopic (exact) mass is 550 g/mol. The summed E-state index contributed by atoms with van der Waals surface area (Å²) in [5, 5.41) is 11.9. The second-order valence-electron chi connectivity index (χ2n) is 7.71. The zero-order chi connectivity index (χ0) is 26.0. The number of fused-ring (bicyclic) bond motifs is 1. The molecule has 4 rings (SSSR count). The van der Waals surface area contributed by atoms with Gasteiger partial charge in [0.15, 0.2) is 0 Å². The van der Waals surface area contributed by atoms with Crippen molar-refractivity contribution in [3.63, 3.8) is 0 Å². The first kappa shape index (κ1) is 25.6. The third-order valence-electron chi connectivity index (χ3n) is 5.40. The number of methoxy groups -OCH3 is 1. The van der Waals surface area contributed by atoms with Crippen molar-refractivity contribution in [1.29, 1.82) is 0 Å². The highest BCUT2D eigenvalue weighted by atomic mass is 35.5. The van der Waals surface area contributed by atoms with E-state index in [1.807, 2.05) is 0 Å². The number of nitrogens with zero attached hydrogens (tertiary/aromatic N) is 1. The van der Waals surface area contributed by atoms with Gasteiger partial charge in [0, 0.05) is 29.2 Å². The number of nitrogens with one attached hydrogen (secondary N) is 1. The molecule has 1 amide bonds. The molecule has 3 aromatic carbocycles. The Hall–Kier alpha value is -3.47. The normalized spacial score (nSPS) is 13.2. The number of halogens is 2. The number of aromatic carboxylic acids is 1. The summed E-state index contributed by atoms with van der Waals surface area (Å²) in [5.74, 6) is -1.33. The lowest BCUT2D eigenvalue weighted by atomic mass is 10.1. The van der Waals surface area contributed by atoms with Crippen molar-refractivity contribution in [2.24, 2.45) is 0 Å². The molecule has 0 saturated heterocycles. The van der Waals surface area contributed by atoms with Crippen LogP contribution in [-0.4, -0.2) is 45.7 Å². The van der Waals surface area contributed by atoms with Gasteiger partial charge in [-0.05, 0) is 54.6 Å². The summed E-state index contributed by atoms with van der Waals surface area (Å²) in [6, 6.07) is 12.7. The minimum Gasteiger partial charge on any atom is -0.495 e. The first-order valence-corrected chi connectivity index (χ1v) is 12.8. The Labute approximate surface area is 217 Å². The van der Waals surface area contributed by atoms with Gasteiger partial charge in [0.05, 0.1) is 30.0 Å². The number of hydrogen-bond acceptors (Lipinski definition) is 6. The smallest absolute Gasteiger partial charge is 0.337 e. The first-order valence-electron chi connectivity index (χ1n) is 10.6. The van der Waals surface area contributed by atoms with Gasteiger partial charge in [0.2, 0.25) is 0 Å². The van der Waals surface area contributed by atoms with Crippen molar-refractivity contribution < 1.29 is 32.6 Å². The zero-order valence-electron chi connectivity index (χ0n) is 18.8. The molecule has 0 aromatic heterocycles. The van der Waals surface area contributed by atoms with Crippen LogP contribution in [0.25, 0.3) is 0 Å². The van der Waals surface area contributed by atoms with E-state index in [-0.39, 0.29) is 56.3 Å². The van der Waals surface area contributed by atoms with Crippen molar-refractivity contribution in [2.75, 3.05) is 29.9 Å². The van der Waals surface area contributed by atoms with Gasteiger partial charge in [0.1, 0.15) is 16.4 Å². The fourth-order valence-corrected chi connectivity index (χ4v) is 5.86. The van der Waals surface area contributed by atoms with Crippen LogP contribution >= 0.6 is 23.2 Å². The first-order chi connectivity index (χ1) is 17.1. The average Bonchev–Trinajstić information content (AvgIpc) is 3.06. The number of benzene rings is 3. The molecule has 0 spiro atoms. The van der Waals surface area contributed by atoms with Crippen LogP contribution in [0.2, 0.25) is 10.0 Å². The fourth-order valence-electron chi connectivity index (χ4n) is 3.68. The van der Waals surface area contributed by atoms with Crippen LogP contribution in [0.1, 0.15) is 27.1 Å². The van der Waals surface area contributed by atoms with Crippen molar-refractivity contribution in [1.82, 2.24) is 0 Å². The summed E-state index contributed by atoms with van der Waals surface area (Å²) < 4.78 is 39.5. The Bertz CT molecular complexity index is 1460. The van der Waals surface area contributed by atoms with Crippen LogP contribution in [0, 0.1) is 0 Å². The van der Waals surface area contributed by atoms with Gasteiger partial charge in [0.25, 0.3) is 15.9 Å². The van der Waals surface area contributed by atoms with E-state index >= 15 is 0 Å². The van der Waals surface area contributed by atoms with E-state index in [2.05, 4.69) is 5.32 Å². The van der Waals surface area contributed by atoms with Gasteiger partial charge in [-0.15, -0.1) is 0 Å². The maximum absolute atomic E-state index is 13.7. The zero-order valence-corrected chi connectivity index (χ0v) is 21.2. The van der Waals surface area contributed by atoms with Crippen LogP contribution < -0.4 is 19.1 Å². The molecule has 9 nitrogen and oxygen atoms in total. The molecule has 0 atom stereocenters. The summed E-state index contributed by atoms with van der Waals surface area (Å²) in [6.45, 7) is 0.383. The quantitative estimate of drug-likeness (QED) is 0.446. The molecule has 36 heavy (non-hydrogen) atoms. The van der Waals surface area contributed by atoms with Gasteiger partial charge >= 0.3 is 5.97 Å². The highest BCUT2D eigenvalue weighted by molar-refractivity contribution is 7.93. The van der Waals surface area contributed by atoms with E-state index in [1.165, 1.54) is 66.0 Å². The minimum atomic E-state index is -4.14. The molecule has 1 aliphatic rings. The fraction of sp³-hybridized carbons (Fsp3) is 0.167. The maximum atomic E-state index is 13.7. The van der Waals surface area contributed by atoms with Crippen LogP contribution in [-0.2, 0) is 10.0 Å². The molecule has 0 fully saturated rings. The number of ether oxygens (including phenoxy) is 2. The minimum absolute atomic E-state index is 0.0385. The molecular formula is C24H20Cl2N2O7S. The third kappa shape index (κ3) is 5.06. The van der Waals surface area contributed by atoms with Gasteiger partial charge in [-0.25, -0.2) is 13.2 Å². The highest BCUT2D eigenvalue weighted by Crippen LogP contribution is 2.38. The Balaban J connectivity index is 1.71. The van der Waals surface area contributed by atoms with Gasteiger partial charge in [-0.3, -0.25) is 9.10 Å². The number of anilines is 2. The summed E-state index contributed by atoms with van der Waals surface area (Å²) in [6.07, 6.45) is 0.409. The van der Waals surface area contributed by atoms with Gasteiger partial charge < -0.3 is 19.9 Å². The molecule has 0 radical (unpaired) electrons. The molecule has 12 heteroatoms. The standard InChI is InChI=1S/C24H20Cl2N2O7S/c1-34-21-8-4-15(25)12-22(21)36(32,33)28-9-2-10-35-20-7-3-14(11-19(20)28)23(29)27-16-5-6-17(24(30)31)18(26)13-16/h3-8,11-13H,2,9-10H2,1H3,(H,27,29)(H,30,31). The van der Waals surface area contributed by atoms with Crippen molar-refractivity contribution in [3.05, 3.63) is 75.8 Å². The van der Waals surface area contributed by atoms with Crippen molar-refractivity contribution in [3.8, 4) is 11.5 Å². The predicted molar refractivity (Wildman–Crippen MR) is 135 cm³/mol. The number of hydrogen-bond donors (Lipinski definition) is 2. The van der Waals surface area contributed by atoms with Crippen LogP contribution in [0.3, 0.4) is 0 Å².